The smallest absolute Gasteiger partial charge is 0.407 e. The number of hydrogen-bond acceptors (Lipinski definition) is 3. The fraction of sp³-hybridized carbons (Fsp3) is 0.909. The van der Waals surface area contributed by atoms with Crippen LogP contribution in [0.15, 0.2) is 0 Å². The maximum atomic E-state index is 11.1. The van der Waals surface area contributed by atoms with Gasteiger partial charge in [0.15, 0.2) is 0 Å². The predicted molar refractivity (Wildman–Crippen MR) is 75.2 cm³/mol. The number of carbonyl (C=O) groups excluding carboxylic acids is 1. The Bertz CT molecular complexity index is 187. The molecule has 0 fully saturated rings. The average Bonchev–Trinajstić information content (AvgIpc) is 2.19. The van der Waals surface area contributed by atoms with Crippen LogP contribution in [0.2, 0.25) is 0 Å². The molecule has 5 heteroatoms. The van der Waals surface area contributed by atoms with Crippen LogP contribution in [0.3, 0.4) is 0 Å². The molecule has 0 heterocycles. The second kappa shape index (κ2) is 10.1. The SMILES string of the molecule is CC(C)CNCCCOC(=O)NCC(C)I. The Kier molecular flexibility index (Phi) is 10.1. The normalized spacial score (nSPS) is 12.6. The molecular weight excluding hydrogens is 319 g/mol. The largest absolute Gasteiger partial charge is 0.450 e. The summed E-state index contributed by atoms with van der Waals surface area (Å²) in [6.45, 7) is 9.42. The molecule has 0 saturated carbocycles. The van der Waals surface area contributed by atoms with Gasteiger partial charge in [0, 0.05) is 10.5 Å². The van der Waals surface area contributed by atoms with Crippen LogP contribution in [0, 0.1) is 5.92 Å². The van der Waals surface area contributed by atoms with Crippen LogP contribution in [-0.2, 0) is 4.74 Å². The Hall–Kier alpha value is -0.0400. The minimum atomic E-state index is -0.313. The van der Waals surface area contributed by atoms with Crippen molar-refractivity contribution in [2.45, 2.75) is 31.1 Å². The molecule has 0 aromatic heterocycles. The predicted octanol–water partition coefficient (Wildman–Crippen LogP) is 2.17. The molecule has 0 aromatic carbocycles. The maximum absolute atomic E-state index is 11.1. The minimum Gasteiger partial charge on any atom is -0.450 e. The van der Waals surface area contributed by atoms with E-state index >= 15 is 0 Å². The van der Waals surface area contributed by atoms with Crippen LogP contribution in [0.4, 0.5) is 4.79 Å². The lowest BCUT2D eigenvalue weighted by atomic mass is 10.2. The molecule has 0 aromatic rings. The zero-order chi connectivity index (χ0) is 12.4. The standard InChI is InChI=1S/C11H23IN2O2/c1-9(2)7-13-5-4-6-16-11(15)14-8-10(3)12/h9-10,13H,4-8H2,1-3H3,(H,14,15). The summed E-state index contributed by atoms with van der Waals surface area (Å²) in [4.78, 5) is 11.1. The van der Waals surface area contributed by atoms with Crippen LogP contribution in [0.1, 0.15) is 27.2 Å². The van der Waals surface area contributed by atoms with Gasteiger partial charge in [-0.1, -0.05) is 43.4 Å². The highest BCUT2D eigenvalue weighted by Crippen LogP contribution is 1.95. The number of alkyl halides is 1. The average molecular weight is 342 g/mol. The van der Waals surface area contributed by atoms with Crippen molar-refractivity contribution in [2.24, 2.45) is 5.92 Å². The molecule has 0 radical (unpaired) electrons. The third-order valence-corrected chi connectivity index (χ3v) is 2.25. The van der Waals surface area contributed by atoms with E-state index < -0.39 is 0 Å². The Morgan fingerprint density at radius 2 is 2.00 bits per heavy atom. The minimum absolute atomic E-state index is 0.313. The number of rotatable bonds is 8. The molecule has 0 aliphatic carbocycles. The summed E-state index contributed by atoms with van der Waals surface area (Å²) in [5.74, 6) is 0.661. The summed E-state index contributed by atoms with van der Waals surface area (Å²) in [7, 11) is 0. The van der Waals surface area contributed by atoms with Crippen LogP contribution in [0.5, 0.6) is 0 Å². The van der Waals surface area contributed by atoms with E-state index in [-0.39, 0.29) is 6.09 Å². The monoisotopic (exact) mass is 342 g/mol. The van der Waals surface area contributed by atoms with Crippen LogP contribution >= 0.6 is 22.6 Å². The quantitative estimate of drug-likeness (QED) is 0.404. The topological polar surface area (TPSA) is 50.4 Å². The molecule has 0 saturated heterocycles. The fourth-order valence-electron chi connectivity index (χ4n) is 1.03. The van der Waals surface area contributed by atoms with E-state index in [4.69, 9.17) is 4.74 Å². The van der Waals surface area contributed by atoms with Gasteiger partial charge in [-0.2, -0.15) is 0 Å². The van der Waals surface area contributed by atoms with E-state index in [1.807, 2.05) is 6.92 Å². The van der Waals surface area contributed by atoms with E-state index in [0.29, 0.717) is 23.0 Å². The molecule has 0 bridgehead atoms. The lowest BCUT2D eigenvalue weighted by molar-refractivity contribution is 0.145. The first-order valence-corrected chi connectivity index (χ1v) is 7.02. The number of nitrogens with one attached hydrogen (secondary N) is 2. The highest BCUT2D eigenvalue weighted by Gasteiger charge is 2.02. The van der Waals surface area contributed by atoms with Gasteiger partial charge in [0.1, 0.15) is 0 Å². The van der Waals surface area contributed by atoms with Crippen molar-refractivity contribution in [3.63, 3.8) is 0 Å². The number of halogens is 1. The molecule has 2 N–H and O–H groups in total. The van der Waals surface area contributed by atoms with Crippen LogP contribution in [0.25, 0.3) is 0 Å². The van der Waals surface area contributed by atoms with Gasteiger partial charge in [-0.15, -0.1) is 0 Å². The molecule has 0 aliphatic rings. The Morgan fingerprint density at radius 3 is 2.56 bits per heavy atom. The van der Waals surface area contributed by atoms with E-state index in [0.717, 1.165) is 19.5 Å². The van der Waals surface area contributed by atoms with Crippen molar-refractivity contribution >= 4 is 28.7 Å². The molecule has 0 aliphatic heterocycles. The maximum Gasteiger partial charge on any atom is 0.407 e. The Balaban J connectivity index is 3.21. The van der Waals surface area contributed by atoms with Crippen molar-refractivity contribution in [1.29, 1.82) is 0 Å². The van der Waals surface area contributed by atoms with E-state index in [1.54, 1.807) is 0 Å². The number of alkyl carbamates (subject to hydrolysis) is 1. The summed E-state index contributed by atoms with van der Waals surface area (Å²) in [5.41, 5.74) is 0. The Morgan fingerprint density at radius 1 is 1.31 bits per heavy atom. The van der Waals surface area contributed by atoms with Gasteiger partial charge in [0.25, 0.3) is 0 Å². The third-order valence-electron chi connectivity index (χ3n) is 1.81. The summed E-state index contributed by atoms with van der Waals surface area (Å²) in [5, 5.41) is 6.00. The molecule has 96 valence electrons. The molecule has 1 amide bonds. The molecule has 0 spiro atoms. The van der Waals surface area contributed by atoms with Crippen molar-refractivity contribution in [2.75, 3.05) is 26.2 Å². The van der Waals surface area contributed by atoms with Crippen LogP contribution < -0.4 is 10.6 Å². The Labute approximate surface area is 112 Å². The molecular formula is C11H23IN2O2. The zero-order valence-corrected chi connectivity index (χ0v) is 12.5. The van der Waals surface area contributed by atoms with Gasteiger partial charge >= 0.3 is 6.09 Å². The zero-order valence-electron chi connectivity index (χ0n) is 10.4. The molecule has 1 unspecified atom stereocenters. The summed E-state index contributed by atoms with van der Waals surface area (Å²) < 4.78 is 5.43. The van der Waals surface area contributed by atoms with Gasteiger partial charge < -0.3 is 15.4 Å². The first-order valence-electron chi connectivity index (χ1n) is 5.77. The second-order valence-electron chi connectivity index (χ2n) is 4.25. The number of ether oxygens (including phenoxy) is 1. The van der Waals surface area contributed by atoms with E-state index in [1.165, 1.54) is 0 Å². The van der Waals surface area contributed by atoms with Crippen molar-refractivity contribution < 1.29 is 9.53 Å². The van der Waals surface area contributed by atoms with Crippen molar-refractivity contribution in [3.8, 4) is 0 Å². The fourth-order valence-corrected chi connectivity index (χ4v) is 1.25. The first kappa shape index (κ1) is 16.0. The second-order valence-corrected chi connectivity index (χ2v) is 6.38. The summed E-state index contributed by atoms with van der Waals surface area (Å²) in [6, 6.07) is 0. The lowest BCUT2D eigenvalue weighted by Gasteiger charge is -2.09. The first-order chi connectivity index (χ1) is 7.52. The lowest BCUT2D eigenvalue weighted by Crippen LogP contribution is -2.30. The van der Waals surface area contributed by atoms with Crippen molar-refractivity contribution in [3.05, 3.63) is 0 Å². The van der Waals surface area contributed by atoms with E-state index in [9.17, 15) is 4.79 Å². The molecule has 4 nitrogen and oxygen atoms in total. The van der Waals surface area contributed by atoms with Crippen LogP contribution in [-0.4, -0.2) is 36.3 Å². The van der Waals surface area contributed by atoms with Crippen molar-refractivity contribution in [1.82, 2.24) is 10.6 Å². The number of amides is 1. The van der Waals surface area contributed by atoms with Gasteiger partial charge in [-0.05, 0) is 25.4 Å². The van der Waals surface area contributed by atoms with Gasteiger partial charge in [0.05, 0.1) is 6.61 Å². The third kappa shape index (κ3) is 12.0. The number of hydrogen-bond donors (Lipinski definition) is 2. The highest BCUT2D eigenvalue weighted by molar-refractivity contribution is 14.1. The summed E-state index contributed by atoms with van der Waals surface area (Å²) in [6.07, 6.45) is 0.548. The molecule has 0 rings (SSSR count). The van der Waals surface area contributed by atoms with Gasteiger partial charge in [-0.25, -0.2) is 4.79 Å². The highest BCUT2D eigenvalue weighted by atomic mass is 127. The molecule has 16 heavy (non-hydrogen) atoms. The molecule has 1 atom stereocenters. The van der Waals surface area contributed by atoms with E-state index in [2.05, 4.69) is 47.1 Å². The number of carbonyl (C=O) groups is 1. The van der Waals surface area contributed by atoms with Gasteiger partial charge in [0.2, 0.25) is 0 Å². The van der Waals surface area contributed by atoms with Gasteiger partial charge in [-0.3, -0.25) is 0 Å². The summed E-state index contributed by atoms with van der Waals surface area (Å²) >= 11 is 2.26.